The van der Waals surface area contributed by atoms with Crippen LogP contribution in [-0.2, 0) is 0 Å². The summed E-state index contributed by atoms with van der Waals surface area (Å²) in [4.78, 5) is 0. The molecule has 15 heavy (non-hydrogen) atoms. The van der Waals surface area contributed by atoms with Crippen molar-refractivity contribution in [2.45, 2.75) is 32.9 Å². The van der Waals surface area contributed by atoms with Gasteiger partial charge >= 0.3 is 0 Å². The monoisotopic (exact) mass is 270 g/mol. The number of hydrogen-bond donors (Lipinski definition) is 2. The normalized spacial score (nSPS) is 13.2. The molecule has 0 aliphatic rings. The highest BCUT2D eigenvalue weighted by Gasteiger charge is 2.11. The number of nitrogens with two attached hydrogens (primary N) is 1. The van der Waals surface area contributed by atoms with Crippen LogP contribution in [0.5, 0.6) is 0 Å². The fourth-order valence-corrected chi connectivity index (χ4v) is 1.93. The zero-order valence-electron chi connectivity index (χ0n) is 9.55. The summed E-state index contributed by atoms with van der Waals surface area (Å²) in [6.45, 7) is 6.96. The highest BCUT2D eigenvalue weighted by atomic mass is 79.9. The molecule has 3 N–H and O–H groups in total. The summed E-state index contributed by atoms with van der Waals surface area (Å²) in [6.07, 6.45) is 0. The largest absolute Gasteiger partial charge is 0.329 e. The van der Waals surface area contributed by atoms with E-state index < -0.39 is 0 Å². The average Bonchev–Trinajstić information content (AvgIpc) is 2.18. The molecule has 1 atom stereocenters. The molecular formula is C12H19BrN2. The second kappa shape index (κ2) is 5.64. The van der Waals surface area contributed by atoms with Crippen molar-refractivity contribution in [3.63, 3.8) is 0 Å². The quantitative estimate of drug-likeness (QED) is 0.883. The van der Waals surface area contributed by atoms with Gasteiger partial charge in [-0.3, -0.25) is 0 Å². The lowest BCUT2D eigenvalue weighted by Crippen LogP contribution is -2.33. The third-order valence-electron chi connectivity index (χ3n) is 2.37. The molecule has 0 fully saturated rings. The van der Waals surface area contributed by atoms with Crippen LogP contribution in [0.15, 0.2) is 22.7 Å². The first-order chi connectivity index (χ1) is 7.04. The first kappa shape index (κ1) is 12.7. The third-order valence-corrected chi connectivity index (χ3v) is 3.22. The highest BCUT2D eigenvalue weighted by molar-refractivity contribution is 9.10. The van der Waals surface area contributed by atoms with Gasteiger partial charge in [0.15, 0.2) is 0 Å². The summed E-state index contributed by atoms with van der Waals surface area (Å²) < 4.78 is 1.14. The Kier molecular flexibility index (Phi) is 4.77. The van der Waals surface area contributed by atoms with Crippen LogP contribution in [0.2, 0.25) is 0 Å². The zero-order chi connectivity index (χ0) is 11.4. The van der Waals surface area contributed by atoms with Gasteiger partial charge < -0.3 is 11.1 Å². The minimum absolute atomic E-state index is 0.238. The highest BCUT2D eigenvalue weighted by Crippen LogP contribution is 2.21. The van der Waals surface area contributed by atoms with Gasteiger partial charge in [0, 0.05) is 23.1 Å². The van der Waals surface area contributed by atoms with Crippen molar-refractivity contribution < 1.29 is 0 Å². The molecule has 2 nitrogen and oxygen atoms in total. The van der Waals surface area contributed by atoms with E-state index in [0.717, 1.165) is 4.47 Å². The molecule has 0 saturated heterocycles. The van der Waals surface area contributed by atoms with E-state index in [2.05, 4.69) is 60.2 Å². The number of benzene rings is 1. The van der Waals surface area contributed by atoms with Gasteiger partial charge in [-0.1, -0.05) is 41.9 Å². The molecule has 0 aliphatic heterocycles. The van der Waals surface area contributed by atoms with E-state index in [1.807, 2.05) is 0 Å². The third kappa shape index (κ3) is 3.59. The van der Waals surface area contributed by atoms with E-state index in [0.29, 0.717) is 12.6 Å². The number of hydrogen-bond acceptors (Lipinski definition) is 2. The van der Waals surface area contributed by atoms with Gasteiger partial charge in [-0.25, -0.2) is 0 Å². The van der Waals surface area contributed by atoms with Gasteiger partial charge in [0.25, 0.3) is 0 Å². The van der Waals surface area contributed by atoms with E-state index in [9.17, 15) is 0 Å². The van der Waals surface area contributed by atoms with Crippen LogP contribution in [0.1, 0.15) is 31.0 Å². The summed E-state index contributed by atoms with van der Waals surface area (Å²) in [5.41, 5.74) is 8.25. The standard InChI is InChI=1S/C12H19BrN2/c1-8(2)15-12(7-14)10-5-4-9(3)11(13)6-10/h4-6,8,12,15H,7,14H2,1-3H3. The fourth-order valence-electron chi connectivity index (χ4n) is 1.53. The van der Waals surface area contributed by atoms with Crippen LogP contribution in [0.25, 0.3) is 0 Å². The van der Waals surface area contributed by atoms with Crippen LogP contribution in [-0.4, -0.2) is 12.6 Å². The maximum atomic E-state index is 5.76. The van der Waals surface area contributed by atoms with Gasteiger partial charge in [0.05, 0.1) is 0 Å². The summed E-state index contributed by atoms with van der Waals surface area (Å²) in [5.74, 6) is 0. The molecule has 0 amide bonds. The molecule has 84 valence electrons. The molecule has 1 unspecified atom stereocenters. The molecule has 1 aromatic carbocycles. The van der Waals surface area contributed by atoms with Gasteiger partial charge in [-0.05, 0) is 24.1 Å². The Morgan fingerprint density at radius 3 is 2.53 bits per heavy atom. The molecule has 0 spiro atoms. The maximum absolute atomic E-state index is 5.76. The van der Waals surface area contributed by atoms with Crippen molar-refractivity contribution >= 4 is 15.9 Å². The molecule has 0 heterocycles. The number of nitrogens with one attached hydrogen (secondary N) is 1. The maximum Gasteiger partial charge on any atom is 0.0446 e. The van der Waals surface area contributed by atoms with E-state index in [1.54, 1.807) is 0 Å². The lowest BCUT2D eigenvalue weighted by molar-refractivity contribution is 0.483. The Hall–Kier alpha value is -0.380. The van der Waals surface area contributed by atoms with Gasteiger partial charge in [-0.2, -0.15) is 0 Å². The SMILES string of the molecule is Cc1ccc(C(CN)NC(C)C)cc1Br. The molecule has 0 bridgehead atoms. The molecule has 0 saturated carbocycles. The lowest BCUT2D eigenvalue weighted by Gasteiger charge is -2.20. The summed E-state index contributed by atoms with van der Waals surface area (Å²) in [5, 5.41) is 3.45. The second-order valence-corrected chi connectivity index (χ2v) is 4.97. The topological polar surface area (TPSA) is 38.0 Å². The minimum Gasteiger partial charge on any atom is -0.329 e. The van der Waals surface area contributed by atoms with Crippen molar-refractivity contribution in [1.82, 2.24) is 5.32 Å². The lowest BCUT2D eigenvalue weighted by atomic mass is 10.0. The molecule has 0 aliphatic carbocycles. The average molecular weight is 271 g/mol. The Morgan fingerprint density at radius 1 is 1.40 bits per heavy atom. The van der Waals surface area contributed by atoms with Crippen molar-refractivity contribution in [3.05, 3.63) is 33.8 Å². The van der Waals surface area contributed by atoms with Crippen LogP contribution >= 0.6 is 15.9 Å². The molecule has 0 aromatic heterocycles. The first-order valence-corrected chi connectivity index (χ1v) is 6.06. The predicted molar refractivity (Wildman–Crippen MR) is 68.9 cm³/mol. The first-order valence-electron chi connectivity index (χ1n) is 5.26. The zero-order valence-corrected chi connectivity index (χ0v) is 11.1. The summed E-state index contributed by atoms with van der Waals surface area (Å²) in [7, 11) is 0. The van der Waals surface area contributed by atoms with Gasteiger partial charge in [0.2, 0.25) is 0 Å². The van der Waals surface area contributed by atoms with Gasteiger partial charge in [-0.15, -0.1) is 0 Å². The molecule has 0 radical (unpaired) electrons. The van der Waals surface area contributed by atoms with E-state index in [-0.39, 0.29) is 6.04 Å². The minimum atomic E-state index is 0.238. The number of rotatable bonds is 4. The molecule has 1 aromatic rings. The summed E-state index contributed by atoms with van der Waals surface area (Å²) in [6, 6.07) is 7.07. The molecule has 3 heteroatoms. The Morgan fingerprint density at radius 2 is 2.07 bits per heavy atom. The van der Waals surface area contributed by atoms with Crippen LogP contribution in [0, 0.1) is 6.92 Å². The molecule has 1 rings (SSSR count). The Labute approximate surface area is 100 Å². The van der Waals surface area contributed by atoms with Crippen molar-refractivity contribution in [2.24, 2.45) is 5.73 Å². The fraction of sp³-hybridized carbons (Fsp3) is 0.500. The second-order valence-electron chi connectivity index (χ2n) is 4.12. The molecular weight excluding hydrogens is 252 g/mol. The Bertz CT molecular complexity index is 323. The predicted octanol–water partition coefficient (Wildman–Crippen LogP) is 2.76. The van der Waals surface area contributed by atoms with Crippen molar-refractivity contribution in [2.75, 3.05) is 6.54 Å². The van der Waals surface area contributed by atoms with Crippen LogP contribution in [0.4, 0.5) is 0 Å². The van der Waals surface area contributed by atoms with Crippen LogP contribution in [0.3, 0.4) is 0 Å². The van der Waals surface area contributed by atoms with Crippen molar-refractivity contribution in [3.8, 4) is 0 Å². The van der Waals surface area contributed by atoms with Crippen LogP contribution < -0.4 is 11.1 Å². The number of aryl methyl sites for hydroxylation is 1. The summed E-state index contributed by atoms with van der Waals surface area (Å²) >= 11 is 3.54. The Balaban J connectivity index is 2.87. The number of halogens is 1. The smallest absolute Gasteiger partial charge is 0.0446 e. The van der Waals surface area contributed by atoms with E-state index in [1.165, 1.54) is 11.1 Å². The van der Waals surface area contributed by atoms with E-state index in [4.69, 9.17) is 5.73 Å². The van der Waals surface area contributed by atoms with Gasteiger partial charge in [0.1, 0.15) is 0 Å². The van der Waals surface area contributed by atoms with E-state index >= 15 is 0 Å². The van der Waals surface area contributed by atoms with Crippen molar-refractivity contribution in [1.29, 1.82) is 0 Å².